The topological polar surface area (TPSA) is 33.7 Å². The molecule has 0 aromatic carbocycles. The first-order valence-corrected chi connectivity index (χ1v) is 6.74. The van der Waals surface area contributed by atoms with Crippen molar-refractivity contribution in [2.45, 2.75) is 38.4 Å². The number of hydrogen-bond acceptors (Lipinski definition) is 4. The molecule has 18 heavy (non-hydrogen) atoms. The summed E-state index contributed by atoms with van der Waals surface area (Å²) in [5.41, 5.74) is 0.741. The van der Waals surface area contributed by atoms with E-state index in [4.69, 9.17) is 9.31 Å². The summed E-state index contributed by atoms with van der Waals surface area (Å²) in [6.07, 6.45) is 3.21. The molecule has 2 rings (SSSR count). The van der Waals surface area contributed by atoms with Gasteiger partial charge in [0, 0.05) is 13.1 Å². The Hall–Kier alpha value is -0.355. The van der Waals surface area contributed by atoms with E-state index in [0.717, 1.165) is 26.1 Å². The van der Waals surface area contributed by atoms with Crippen LogP contribution in [0.15, 0.2) is 11.5 Å². The molecule has 4 nitrogen and oxygen atoms in total. The van der Waals surface area contributed by atoms with Crippen molar-refractivity contribution in [1.29, 1.82) is 0 Å². The van der Waals surface area contributed by atoms with Gasteiger partial charge in [-0.1, -0.05) is 6.08 Å². The summed E-state index contributed by atoms with van der Waals surface area (Å²) in [5.74, 6) is 0. The molecule has 0 radical (unpaired) electrons. The van der Waals surface area contributed by atoms with Crippen molar-refractivity contribution in [2.75, 3.05) is 33.7 Å². The maximum absolute atomic E-state index is 6.25. The maximum Gasteiger partial charge on any atom is 0.490 e. The predicted molar refractivity (Wildman–Crippen MR) is 74.5 cm³/mol. The first-order chi connectivity index (χ1) is 8.34. The molecule has 0 bridgehead atoms. The standard InChI is InChI=1S/C13H25BN2O2/c1-12(2)13(3,10-16(4)5)18-14(17-12)11-6-8-15-9-7-11/h6,15H,7-10H2,1-5H3. The van der Waals surface area contributed by atoms with Crippen LogP contribution < -0.4 is 5.32 Å². The lowest BCUT2D eigenvalue weighted by Gasteiger charge is -2.38. The van der Waals surface area contributed by atoms with Crippen LogP contribution in [0.4, 0.5) is 0 Å². The molecule has 0 saturated carbocycles. The second kappa shape index (κ2) is 4.97. The molecule has 2 aliphatic rings. The van der Waals surface area contributed by atoms with Gasteiger partial charge in [0.1, 0.15) is 0 Å². The van der Waals surface area contributed by atoms with E-state index in [9.17, 15) is 0 Å². The molecule has 0 aromatic rings. The minimum absolute atomic E-state index is 0.174. The number of hydrogen-bond donors (Lipinski definition) is 1. The van der Waals surface area contributed by atoms with Crippen LogP contribution in [-0.2, 0) is 9.31 Å². The highest BCUT2D eigenvalue weighted by Crippen LogP contribution is 2.39. The molecule has 1 unspecified atom stereocenters. The highest BCUT2D eigenvalue weighted by molar-refractivity contribution is 6.54. The Morgan fingerprint density at radius 1 is 1.33 bits per heavy atom. The SMILES string of the molecule is CN(C)CC1(C)OB(C2=CCNCC2)OC1(C)C. The zero-order chi connectivity index (χ0) is 13.4. The second-order valence-corrected chi connectivity index (χ2v) is 6.28. The van der Waals surface area contributed by atoms with Gasteiger partial charge in [0.05, 0.1) is 11.2 Å². The molecule has 2 aliphatic heterocycles. The minimum Gasteiger partial charge on any atom is -0.399 e. The molecule has 102 valence electrons. The van der Waals surface area contributed by atoms with Crippen molar-refractivity contribution in [3.8, 4) is 0 Å². The lowest BCUT2D eigenvalue weighted by molar-refractivity contribution is -0.0254. The van der Waals surface area contributed by atoms with Crippen molar-refractivity contribution >= 4 is 7.12 Å². The van der Waals surface area contributed by atoms with Gasteiger partial charge in [0.2, 0.25) is 0 Å². The maximum atomic E-state index is 6.25. The molecule has 0 aromatic heterocycles. The predicted octanol–water partition coefficient (Wildman–Crippen LogP) is 1.08. The van der Waals surface area contributed by atoms with E-state index in [2.05, 4.69) is 51.2 Å². The van der Waals surface area contributed by atoms with E-state index >= 15 is 0 Å². The number of rotatable bonds is 3. The van der Waals surface area contributed by atoms with E-state index < -0.39 is 0 Å². The molecular formula is C13H25BN2O2. The van der Waals surface area contributed by atoms with E-state index in [-0.39, 0.29) is 18.3 Å². The van der Waals surface area contributed by atoms with E-state index in [1.165, 1.54) is 5.47 Å². The zero-order valence-electron chi connectivity index (χ0n) is 12.2. The van der Waals surface area contributed by atoms with Crippen molar-refractivity contribution in [3.05, 3.63) is 11.5 Å². The average molecular weight is 252 g/mol. The molecule has 5 heteroatoms. The van der Waals surface area contributed by atoms with Crippen molar-refractivity contribution in [1.82, 2.24) is 10.2 Å². The fourth-order valence-electron chi connectivity index (χ4n) is 2.63. The van der Waals surface area contributed by atoms with E-state index in [1.807, 2.05) is 0 Å². The fraction of sp³-hybridized carbons (Fsp3) is 0.846. The van der Waals surface area contributed by atoms with Gasteiger partial charge in [-0.2, -0.15) is 0 Å². The third-order valence-corrected chi connectivity index (χ3v) is 4.06. The van der Waals surface area contributed by atoms with Gasteiger partial charge < -0.3 is 19.5 Å². The van der Waals surface area contributed by atoms with Gasteiger partial charge in [-0.25, -0.2) is 0 Å². The minimum atomic E-state index is -0.271. The molecule has 0 aliphatic carbocycles. The highest BCUT2D eigenvalue weighted by Gasteiger charge is 2.55. The van der Waals surface area contributed by atoms with Crippen LogP contribution in [0, 0.1) is 0 Å². The Morgan fingerprint density at radius 2 is 2.06 bits per heavy atom. The van der Waals surface area contributed by atoms with Gasteiger partial charge in [-0.3, -0.25) is 0 Å². The largest absolute Gasteiger partial charge is 0.490 e. The number of likely N-dealkylation sites (N-methyl/N-ethyl adjacent to an activating group) is 1. The Morgan fingerprint density at radius 3 is 2.61 bits per heavy atom. The van der Waals surface area contributed by atoms with Crippen LogP contribution in [0.3, 0.4) is 0 Å². The van der Waals surface area contributed by atoms with Gasteiger partial charge in [-0.15, -0.1) is 0 Å². The third kappa shape index (κ3) is 2.64. The fourth-order valence-corrected chi connectivity index (χ4v) is 2.63. The zero-order valence-corrected chi connectivity index (χ0v) is 12.2. The summed E-state index contributed by atoms with van der Waals surface area (Å²) in [6.45, 7) is 9.19. The highest BCUT2D eigenvalue weighted by atomic mass is 16.7. The quantitative estimate of drug-likeness (QED) is 0.762. The normalized spacial score (nSPS) is 31.9. The Kier molecular flexibility index (Phi) is 3.88. The molecule has 0 amide bonds. The van der Waals surface area contributed by atoms with Crippen LogP contribution in [0.1, 0.15) is 27.2 Å². The van der Waals surface area contributed by atoms with Crippen LogP contribution in [0.5, 0.6) is 0 Å². The van der Waals surface area contributed by atoms with Crippen LogP contribution in [-0.4, -0.2) is 57.0 Å². The van der Waals surface area contributed by atoms with Gasteiger partial charge in [0.15, 0.2) is 0 Å². The van der Waals surface area contributed by atoms with Crippen LogP contribution in [0.25, 0.3) is 0 Å². The molecule has 1 N–H and O–H groups in total. The van der Waals surface area contributed by atoms with Crippen molar-refractivity contribution in [2.24, 2.45) is 0 Å². The smallest absolute Gasteiger partial charge is 0.399 e. The molecule has 1 fully saturated rings. The molecule has 1 saturated heterocycles. The van der Waals surface area contributed by atoms with Gasteiger partial charge >= 0.3 is 7.12 Å². The summed E-state index contributed by atoms with van der Waals surface area (Å²) < 4.78 is 12.4. The summed E-state index contributed by atoms with van der Waals surface area (Å²) >= 11 is 0. The van der Waals surface area contributed by atoms with Gasteiger partial charge in [0.25, 0.3) is 0 Å². The first-order valence-electron chi connectivity index (χ1n) is 6.74. The van der Waals surface area contributed by atoms with Crippen molar-refractivity contribution < 1.29 is 9.31 Å². The third-order valence-electron chi connectivity index (χ3n) is 4.06. The van der Waals surface area contributed by atoms with Crippen LogP contribution in [0.2, 0.25) is 0 Å². The summed E-state index contributed by atoms with van der Waals surface area (Å²) in [6, 6.07) is 0. The molecule has 0 spiro atoms. The first kappa shape index (κ1) is 14.1. The van der Waals surface area contributed by atoms with E-state index in [1.54, 1.807) is 0 Å². The van der Waals surface area contributed by atoms with Gasteiger partial charge in [-0.05, 0) is 53.3 Å². The number of nitrogens with one attached hydrogen (secondary N) is 1. The van der Waals surface area contributed by atoms with Crippen molar-refractivity contribution in [3.63, 3.8) is 0 Å². The van der Waals surface area contributed by atoms with E-state index in [0.29, 0.717) is 0 Å². The second-order valence-electron chi connectivity index (χ2n) is 6.28. The summed E-state index contributed by atoms with van der Waals surface area (Å²) in [5, 5.41) is 3.32. The van der Waals surface area contributed by atoms with Crippen LogP contribution >= 0.6 is 0 Å². The number of nitrogens with zero attached hydrogens (tertiary/aromatic N) is 1. The molecular weight excluding hydrogens is 227 g/mol. The Bertz CT molecular complexity index is 344. The lowest BCUT2D eigenvalue weighted by atomic mass is 9.75. The lowest BCUT2D eigenvalue weighted by Crippen LogP contribution is -2.51. The molecule has 1 atom stereocenters. The Balaban J connectivity index is 2.13. The summed E-state index contributed by atoms with van der Waals surface area (Å²) in [7, 11) is 3.97. The molecule has 2 heterocycles. The monoisotopic (exact) mass is 252 g/mol. The average Bonchev–Trinajstić information content (AvgIpc) is 2.50. The summed E-state index contributed by atoms with van der Waals surface area (Å²) in [4.78, 5) is 2.16. The Labute approximate surface area is 111 Å².